The van der Waals surface area contributed by atoms with Crippen molar-refractivity contribution >= 4 is 40.0 Å². The second-order valence-corrected chi connectivity index (χ2v) is 8.71. The molecule has 1 saturated heterocycles. The highest BCUT2D eigenvalue weighted by Crippen LogP contribution is 2.39. The molecule has 1 atom stereocenters. The summed E-state index contributed by atoms with van der Waals surface area (Å²) in [5, 5.41) is 2.40. The van der Waals surface area contributed by atoms with Crippen molar-refractivity contribution in [3.05, 3.63) is 71.2 Å². The van der Waals surface area contributed by atoms with Gasteiger partial charge in [0.05, 0.1) is 31.6 Å². The number of methoxy groups -OCH3 is 2. The van der Waals surface area contributed by atoms with Crippen molar-refractivity contribution in [2.24, 2.45) is 0 Å². The first-order valence-electron chi connectivity index (χ1n) is 11.0. The summed E-state index contributed by atoms with van der Waals surface area (Å²) in [7, 11) is 3.25. The lowest BCUT2D eigenvalue weighted by molar-refractivity contribution is -0.126. The van der Waals surface area contributed by atoms with E-state index in [0.29, 0.717) is 17.4 Å². The lowest BCUT2D eigenvalue weighted by Crippen LogP contribution is -2.29. The Hall–Kier alpha value is -3.65. The quantitative estimate of drug-likeness (QED) is 0.436. The number of hydrogen-bond donors (Lipinski definition) is 0. The van der Waals surface area contributed by atoms with Crippen LogP contribution < -0.4 is 14.4 Å². The summed E-state index contributed by atoms with van der Waals surface area (Å²) in [6, 6.07) is 15.0. The molecular formula is C26H27N3O4S. The molecular weight excluding hydrogens is 450 g/mol. The molecule has 1 fully saturated rings. The van der Waals surface area contributed by atoms with Crippen LogP contribution in [0.25, 0.3) is 6.08 Å². The number of amides is 2. The molecule has 1 aliphatic rings. The standard InChI is InChI=1S/C26H27N3O4S/c1-18(30)29(20-8-5-4-6-9-20)26-27-19(17-34-26)11-14-25(31)28-15-7-10-23(28)22-16-21(32-2)12-13-24(22)33-3/h4-6,8-9,11-14,16-17,23H,7,10,15H2,1-3H3. The molecule has 7 nitrogen and oxygen atoms in total. The number of nitrogens with zero attached hydrogens (tertiary/aromatic N) is 3. The van der Waals surface area contributed by atoms with Crippen LogP contribution in [0.5, 0.6) is 11.5 Å². The van der Waals surface area contributed by atoms with E-state index in [4.69, 9.17) is 9.47 Å². The third kappa shape index (κ3) is 4.97. The number of aromatic nitrogens is 1. The molecule has 8 heteroatoms. The van der Waals surface area contributed by atoms with Gasteiger partial charge in [0.1, 0.15) is 11.5 Å². The largest absolute Gasteiger partial charge is 0.497 e. The Kier molecular flexibility index (Phi) is 7.27. The number of thiazole rings is 1. The summed E-state index contributed by atoms with van der Waals surface area (Å²) in [5.74, 6) is 1.26. The Morgan fingerprint density at radius 3 is 2.65 bits per heavy atom. The van der Waals surface area contributed by atoms with E-state index in [0.717, 1.165) is 35.6 Å². The van der Waals surface area contributed by atoms with E-state index in [2.05, 4.69) is 4.98 Å². The normalized spacial score (nSPS) is 15.5. The smallest absolute Gasteiger partial charge is 0.247 e. The number of rotatable bonds is 7. The summed E-state index contributed by atoms with van der Waals surface area (Å²) in [4.78, 5) is 33.3. The molecule has 1 aliphatic heterocycles. The molecule has 2 aromatic carbocycles. The van der Waals surface area contributed by atoms with E-state index in [9.17, 15) is 9.59 Å². The lowest BCUT2D eigenvalue weighted by atomic mass is 10.0. The van der Waals surface area contributed by atoms with Crippen LogP contribution in [0.2, 0.25) is 0 Å². The zero-order valence-electron chi connectivity index (χ0n) is 19.4. The van der Waals surface area contributed by atoms with Crippen LogP contribution in [0, 0.1) is 0 Å². The monoisotopic (exact) mass is 477 g/mol. The van der Waals surface area contributed by atoms with Gasteiger partial charge < -0.3 is 14.4 Å². The van der Waals surface area contributed by atoms with Gasteiger partial charge >= 0.3 is 0 Å². The molecule has 4 rings (SSSR count). The summed E-state index contributed by atoms with van der Waals surface area (Å²) < 4.78 is 10.9. The second kappa shape index (κ2) is 10.5. The minimum Gasteiger partial charge on any atom is -0.497 e. The van der Waals surface area contributed by atoms with Crippen molar-refractivity contribution in [3.8, 4) is 11.5 Å². The van der Waals surface area contributed by atoms with Crippen molar-refractivity contribution < 1.29 is 19.1 Å². The van der Waals surface area contributed by atoms with Gasteiger partial charge in [0.15, 0.2) is 5.13 Å². The minimum absolute atomic E-state index is 0.0838. The number of para-hydroxylation sites is 1. The number of likely N-dealkylation sites (tertiary alicyclic amines) is 1. The molecule has 0 bridgehead atoms. The first kappa shape index (κ1) is 23.5. The SMILES string of the molecule is COc1ccc(OC)c(C2CCCN2C(=O)C=Cc2csc(N(C(C)=O)c3ccccc3)n2)c1. The van der Waals surface area contributed by atoms with Gasteiger partial charge in [-0.15, -0.1) is 11.3 Å². The van der Waals surface area contributed by atoms with Crippen LogP contribution in [0.1, 0.15) is 37.1 Å². The maximum atomic E-state index is 13.1. The van der Waals surface area contributed by atoms with Crippen molar-refractivity contribution in [2.75, 3.05) is 25.7 Å². The molecule has 0 radical (unpaired) electrons. The average Bonchev–Trinajstić information content (AvgIpc) is 3.53. The number of anilines is 2. The predicted molar refractivity (Wildman–Crippen MR) is 134 cm³/mol. The molecule has 3 aromatic rings. The summed E-state index contributed by atoms with van der Waals surface area (Å²) >= 11 is 1.36. The Balaban J connectivity index is 1.52. The van der Waals surface area contributed by atoms with Gasteiger partial charge in [0, 0.05) is 30.5 Å². The van der Waals surface area contributed by atoms with E-state index in [1.807, 2.05) is 58.8 Å². The minimum atomic E-state index is -0.126. The van der Waals surface area contributed by atoms with Gasteiger partial charge in [-0.05, 0) is 49.2 Å². The van der Waals surface area contributed by atoms with Gasteiger partial charge in [0.25, 0.3) is 0 Å². The van der Waals surface area contributed by atoms with E-state index in [-0.39, 0.29) is 17.9 Å². The highest BCUT2D eigenvalue weighted by atomic mass is 32.1. The topological polar surface area (TPSA) is 72.0 Å². The maximum absolute atomic E-state index is 13.1. The van der Waals surface area contributed by atoms with Crippen LogP contribution in [-0.2, 0) is 9.59 Å². The number of carbonyl (C=O) groups excluding carboxylic acids is 2. The third-order valence-corrected chi connectivity index (χ3v) is 6.60. The maximum Gasteiger partial charge on any atom is 0.247 e. The number of benzene rings is 2. The van der Waals surface area contributed by atoms with Crippen molar-refractivity contribution in [1.29, 1.82) is 0 Å². The summed E-state index contributed by atoms with van der Waals surface area (Å²) in [6.07, 6.45) is 5.01. The zero-order valence-corrected chi connectivity index (χ0v) is 20.2. The number of ether oxygens (including phenoxy) is 2. The van der Waals surface area contributed by atoms with E-state index >= 15 is 0 Å². The molecule has 34 heavy (non-hydrogen) atoms. The van der Waals surface area contributed by atoms with Gasteiger partial charge in [-0.25, -0.2) is 4.98 Å². The van der Waals surface area contributed by atoms with Crippen LogP contribution in [-0.4, -0.2) is 42.5 Å². The van der Waals surface area contributed by atoms with Gasteiger partial charge in [-0.3, -0.25) is 14.5 Å². The molecule has 0 aliphatic carbocycles. The van der Waals surface area contributed by atoms with Gasteiger partial charge in [0.2, 0.25) is 11.8 Å². The lowest BCUT2D eigenvalue weighted by Gasteiger charge is -2.25. The second-order valence-electron chi connectivity index (χ2n) is 7.88. The molecule has 2 heterocycles. The molecule has 176 valence electrons. The fourth-order valence-corrected chi connectivity index (χ4v) is 5.02. The number of carbonyl (C=O) groups is 2. The first-order valence-corrected chi connectivity index (χ1v) is 11.9. The fraction of sp³-hybridized carbons (Fsp3) is 0.269. The van der Waals surface area contributed by atoms with E-state index in [1.165, 1.54) is 18.3 Å². The van der Waals surface area contributed by atoms with Crippen molar-refractivity contribution in [1.82, 2.24) is 9.88 Å². The molecule has 0 N–H and O–H groups in total. The fourth-order valence-electron chi connectivity index (χ4n) is 4.17. The van der Waals surface area contributed by atoms with E-state index in [1.54, 1.807) is 31.3 Å². The Morgan fingerprint density at radius 2 is 1.94 bits per heavy atom. The molecule has 0 spiro atoms. The van der Waals surface area contributed by atoms with Crippen molar-refractivity contribution in [2.45, 2.75) is 25.8 Å². The van der Waals surface area contributed by atoms with Crippen molar-refractivity contribution in [3.63, 3.8) is 0 Å². The van der Waals surface area contributed by atoms with E-state index < -0.39 is 0 Å². The highest BCUT2D eigenvalue weighted by molar-refractivity contribution is 7.14. The zero-order chi connectivity index (χ0) is 24.1. The molecule has 2 amide bonds. The summed E-state index contributed by atoms with van der Waals surface area (Å²) in [5.41, 5.74) is 2.32. The van der Waals surface area contributed by atoms with Crippen LogP contribution in [0.4, 0.5) is 10.8 Å². The third-order valence-electron chi connectivity index (χ3n) is 5.76. The summed E-state index contributed by atoms with van der Waals surface area (Å²) in [6.45, 7) is 2.18. The Bertz CT molecular complexity index is 1190. The van der Waals surface area contributed by atoms with Crippen LogP contribution in [0.15, 0.2) is 60.0 Å². The van der Waals surface area contributed by atoms with Gasteiger partial charge in [-0.1, -0.05) is 18.2 Å². The Morgan fingerprint density at radius 1 is 1.15 bits per heavy atom. The molecule has 1 aromatic heterocycles. The predicted octanol–water partition coefficient (Wildman–Crippen LogP) is 5.22. The van der Waals surface area contributed by atoms with Crippen LogP contribution >= 0.6 is 11.3 Å². The highest BCUT2D eigenvalue weighted by Gasteiger charge is 2.31. The average molecular weight is 478 g/mol. The van der Waals surface area contributed by atoms with Crippen LogP contribution in [0.3, 0.4) is 0 Å². The Labute approximate surface area is 203 Å². The molecule has 1 unspecified atom stereocenters. The first-order chi connectivity index (χ1) is 16.5. The van der Waals surface area contributed by atoms with Gasteiger partial charge in [-0.2, -0.15) is 0 Å². The molecule has 0 saturated carbocycles. The number of hydrogen-bond acceptors (Lipinski definition) is 6.